The van der Waals surface area contributed by atoms with Gasteiger partial charge in [-0.05, 0) is 49.2 Å². The van der Waals surface area contributed by atoms with Crippen LogP contribution in [-0.4, -0.2) is 23.3 Å². The molecule has 0 unspecified atom stereocenters. The quantitative estimate of drug-likeness (QED) is 0.384. The van der Waals surface area contributed by atoms with Gasteiger partial charge >= 0.3 is 5.97 Å². The van der Waals surface area contributed by atoms with E-state index in [1.807, 2.05) is 36.4 Å². The van der Waals surface area contributed by atoms with Crippen molar-refractivity contribution in [1.82, 2.24) is 4.98 Å². The van der Waals surface area contributed by atoms with Crippen molar-refractivity contribution in [1.29, 1.82) is 0 Å². The Labute approximate surface area is 135 Å². The van der Waals surface area contributed by atoms with Crippen LogP contribution in [0.2, 0.25) is 0 Å². The number of Topliss-reactive ketones (excluding diaryl/α,β-unsaturated/α-hetero) is 1. The molecule has 1 aromatic carbocycles. The van der Waals surface area contributed by atoms with Crippen LogP contribution in [0.15, 0.2) is 60.6 Å². The molecule has 5 nitrogen and oxygen atoms in total. The third-order valence-corrected chi connectivity index (χ3v) is 3.13. The molecule has 0 aliphatic heterocycles. The molecule has 0 saturated carbocycles. The lowest BCUT2D eigenvalue weighted by Crippen LogP contribution is -2.15. The van der Waals surface area contributed by atoms with E-state index in [2.05, 4.69) is 10.3 Å². The minimum absolute atomic E-state index is 0.0128. The van der Waals surface area contributed by atoms with Crippen LogP contribution in [0, 0.1) is 0 Å². The largest absolute Gasteiger partial charge is 0.462 e. The number of esters is 1. The van der Waals surface area contributed by atoms with Gasteiger partial charge in [0.15, 0.2) is 5.78 Å². The molecule has 0 aliphatic rings. The van der Waals surface area contributed by atoms with Crippen molar-refractivity contribution in [3.63, 3.8) is 0 Å². The molecule has 1 aromatic heterocycles. The first-order valence-corrected chi connectivity index (χ1v) is 7.27. The molecular weight excluding hydrogens is 292 g/mol. The van der Waals surface area contributed by atoms with E-state index in [9.17, 15) is 9.59 Å². The van der Waals surface area contributed by atoms with Crippen LogP contribution in [0.5, 0.6) is 0 Å². The number of hydrogen-bond acceptors (Lipinski definition) is 5. The highest BCUT2D eigenvalue weighted by molar-refractivity contribution is 6.16. The Bertz CT molecular complexity index is 724. The van der Waals surface area contributed by atoms with Gasteiger partial charge in [-0.2, -0.15) is 0 Å². The molecule has 23 heavy (non-hydrogen) atoms. The lowest BCUT2D eigenvalue weighted by molar-refractivity contribution is -0.139. The van der Waals surface area contributed by atoms with Crippen LogP contribution in [0.3, 0.4) is 0 Å². The van der Waals surface area contributed by atoms with Crippen LogP contribution in [-0.2, 0) is 14.3 Å². The van der Waals surface area contributed by atoms with Crippen molar-refractivity contribution >= 4 is 17.4 Å². The van der Waals surface area contributed by atoms with Crippen LogP contribution in [0.1, 0.15) is 13.8 Å². The molecule has 2 aromatic rings. The summed E-state index contributed by atoms with van der Waals surface area (Å²) in [5.41, 5.74) is 2.79. The van der Waals surface area contributed by atoms with E-state index in [0.29, 0.717) is 0 Å². The molecule has 118 valence electrons. The molecule has 0 aliphatic carbocycles. The highest BCUT2D eigenvalue weighted by Crippen LogP contribution is 2.22. The second kappa shape index (κ2) is 7.89. The number of aromatic nitrogens is 1. The molecule has 0 spiro atoms. The van der Waals surface area contributed by atoms with Gasteiger partial charge in [0, 0.05) is 24.3 Å². The van der Waals surface area contributed by atoms with Crippen molar-refractivity contribution in [2.45, 2.75) is 13.8 Å². The predicted octanol–water partition coefficient (Wildman–Crippen LogP) is 3.20. The van der Waals surface area contributed by atoms with Gasteiger partial charge in [-0.15, -0.1) is 0 Å². The molecule has 0 radical (unpaired) electrons. The minimum Gasteiger partial charge on any atom is -0.462 e. The Kier molecular flexibility index (Phi) is 5.63. The normalized spacial score (nSPS) is 11.0. The van der Waals surface area contributed by atoms with Gasteiger partial charge in [0.1, 0.15) is 5.57 Å². The molecule has 2 rings (SSSR count). The van der Waals surface area contributed by atoms with Crippen LogP contribution < -0.4 is 5.32 Å². The SMILES string of the molecule is CCOC(=O)C(=CNc1cccc(-c2ccncc2)c1)C(C)=O. The van der Waals surface area contributed by atoms with Gasteiger partial charge in [-0.3, -0.25) is 9.78 Å². The number of ether oxygens (including phenoxy) is 1. The maximum absolute atomic E-state index is 11.7. The number of nitrogens with one attached hydrogen (secondary N) is 1. The number of pyridine rings is 1. The average Bonchev–Trinajstić information content (AvgIpc) is 2.56. The van der Waals surface area contributed by atoms with Crippen LogP contribution in [0.25, 0.3) is 11.1 Å². The smallest absolute Gasteiger partial charge is 0.343 e. The summed E-state index contributed by atoms with van der Waals surface area (Å²) in [7, 11) is 0. The second-order valence-corrected chi connectivity index (χ2v) is 4.80. The van der Waals surface area contributed by atoms with Crippen molar-refractivity contribution in [3.8, 4) is 11.1 Å². The summed E-state index contributed by atoms with van der Waals surface area (Å²) >= 11 is 0. The lowest BCUT2D eigenvalue weighted by Gasteiger charge is -2.07. The fourth-order valence-electron chi connectivity index (χ4n) is 2.00. The number of nitrogens with zero attached hydrogens (tertiary/aromatic N) is 1. The predicted molar refractivity (Wildman–Crippen MR) is 88.7 cm³/mol. The number of benzene rings is 1. The maximum atomic E-state index is 11.7. The van der Waals surface area contributed by atoms with E-state index in [4.69, 9.17) is 4.74 Å². The summed E-state index contributed by atoms with van der Waals surface area (Å²) < 4.78 is 4.87. The molecule has 0 amide bonds. The lowest BCUT2D eigenvalue weighted by atomic mass is 10.1. The van der Waals surface area contributed by atoms with Crippen molar-refractivity contribution in [3.05, 3.63) is 60.6 Å². The summed E-state index contributed by atoms with van der Waals surface area (Å²) in [6.07, 6.45) is 4.83. The highest BCUT2D eigenvalue weighted by Gasteiger charge is 2.15. The summed E-state index contributed by atoms with van der Waals surface area (Å²) in [4.78, 5) is 27.3. The zero-order chi connectivity index (χ0) is 16.7. The van der Waals surface area contributed by atoms with Gasteiger partial charge in [0.2, 0.25) is 0 Å². The molecular formula is C18H18N2O3. The first-order chi connectivity index (χ1) is 11.1. The van der Waals surface area contributed by atoms with Crippen LogP contribution >= 0.6 is 0 Å². The molecule has 0 atom stereocenters. The molecule has 5 heteroatoms. The highest BCUT2D eigenvalue weighted by atomic mass is 16.5. The van der Waals surface area contributed by atoms with Crippen LogP contribution in [0.4, 0.5) is 5.69 Å². The Morgan fingerprint density at radius 1 is 1.17 bits per heavy atom. The third kappa shape index (κ3) is 4.51. The monoisotopic (exact) mass is 310 g/mol. The molecule has 1 N–H and O–H groups in total. The number of anilines is 1. The second-order valence-electron chi connectivity index (χ2n) is 4.80. The van der Waals surface area contributed by atoms with E-state index < -0.39 is 5.97 Å². The van der Waals surface area contributed by atoms with E-state index in [1.54, 1.807) is 19.3 Å². The average molecular weight is 310 g/mol. The van der Waals surface area contributed by atoms with E-state index in [0.717, 1.165) is 16.8 Å². The van der Waals surface area contributed by atoms with Gasteiger partial charge in [0.25, 0.3) is 0 Å². The molecule has 0 bridgehead atoms. The number of hydrogen-bond donors (Lipinski definition) is 1. The van der Waals surface area contributed by atoms with Gasteiger partial charge in [-0.25, -0.2) is 4.79 Å². The molecule has 0 fully saturated rings. The van der Waals surface area contributed by atoms with E-state index in [1.165, 1.54) is 13.1 Å². The third-order valence-electron chi connectivity index (χ3n) is 3.13. The summed E-state index contributed by atoms with van der Waals surface area (Å²) in [5.74, 6) is -0.973. The number of carbonyl (C=O) groups is 2. The summed E-state index contributed by atoms with van der Waals surface area (Å²) in [5, 5.41) is 2.98. The Morgan fingerprint density at radius 2 is 1.91 bits per heavy atom. The summed E-state index contributed by atoms with van der Waals surface area (Å²) in [6, 6.07) is 11.5. The molecule has 0 saturated heterocycles. The summed E-state index contributed by atoms with van der Waals surface area (Å²) in [6.45, 7) is 3.25. The van der Waals surface area contributed by atoms with Crippen molar-refractivity contribution in [2.75, 3.05) is 11.9 Å². The standard InChI is InChI=1S/C18H18N2O3/c1-3-23-18(22)17(13(2)21)12-20-16-6-4-5-15(11-16)14-7-9-19-10-8-14/h4-12,20H,3H2,1-2H3. The first-order valence-electron chi connectivity index (χ1n) is 7.27. The number of rotatable bonds is 6. The number of ketones is 1. The van der Waals surface area contributed by atoms with Crippen molar-refractivity contribution < 1.29 is 14.3 Å². The fourth-order valence-corrected chi connectivity index (χ4v) is 2.00. The van der Waals surface area contributed by atoms with Gasteiger partial charge in [-0.1, -0.05) is 12.1 Å². The fraction of sp³-hybridized carbons (Fsp3) is 0.167. The number of carbonyl (C=O) groups excluding carboxylic acids is 2. The topological polar surface area (TPSA) is 68.3 Å². The Morgan fingerprint density at radius 3 is 2.57 bits per heavy atom. The zero-order valence-electron chi connectivity index (χ0n) is 13.1. The van der Waals surface area contributed by atoms with E-state index in [-0.39, 0.29) is 18.0 Å². The Balaban J connectivity index is 2.21. The first kappa shape index (κ1) is 16.4. The molecule has 1 heterocycles. The van der Waals surface area contributed by atoms with Gasteiger partial charge < -0.3 is 10.1 Å². The Hall–Kier alpha value is -2.95. The van der Waals surface area contributed by atoms with E-state index >= 15 is 0 Å². The maximum Gasteiger partial charge on any atom is 0.343 e. The van der Waals surface area contributed by atoms with Gasteiger partial charge in [0.05, 0.1) is 6.61 Å². The zero-order valence-corrected chi connectivity index (χ0v) is 13.1. The van der Waals surface area contributed by atoms with Crippen molar-refractivity contribution in [2.24, 2.45) is 0 Å². The minimum atomic E-state index is -0.627.